The molecule has 1 aromatic carbocycles. The summed E-state index contributed by atoms with van der Waals surface area (Å²) < 4.78 is 27.4. The molecule has 1 aliphatic carbocycles. The van der Waals surface area contributed by atoms with Crippen molar-refractivity contribution in [2.75, 3.05) is 11.1 Å². The Morgan fingerprint density at radius 2 is 2.10 bits per heavy atom. The molecule has 0 unspecified atom stereocenters. The van der Waals surface area contributed by atoms with E-state index in [0.29, 0.717) is 18.1 Å². The van der Waals surface area contributed by atoms with Crippen molar-refractivity contribution in [1.29, 1.82) is 0 Å². The third-order valence-electron chi connectivity index (χ3n) is 3.30. The van der Waals surface area contributed by atoms with Crippen LogP contribution in [0.3, 0.4) is 0 Å². The average Bonchev–Trinajstić information content (AvgIpc) is 3.16. The summed E-state index contributed by atoms with van der Waals surface area (Å²) in [5.74, 6) is 0.471. The molecule has 0 bridgehead atoms. The number of nitrogens with zero attached hydrogens (tertiary/aromatic N) is 1. The second-order valence-electron chi connectivity index (χ2n) is 5.05. The molecule has 112 valence electrons. The summed E-state index contributed by atoms with van der Waals surface area (Å²) in [6.45, 7) is 0.401. The van der Waals surface area contributed by atoms with Crippen molar-refractivity contribution in [3.05, 3.63) is 36.0 Å². The molecular formula is C13H17N5O2S. The lowest BCUT2D eigenvalue weighted by Gasteiger charge is -2.12. The maximum atomic E-state index is 12.3. The Bertz CT molecular complexity index is 737. The average molecular weight is 307 g/mol. The summed E-state index contributed by atoms with van der Waals surface area (Å²) in [6.07, 6.45) is 3.42. The number of para-hydroxylation sites is 1. The molecule has 5 N–H and O–H groups in total. The van der Waals surface area contributed by atoms with Gasteiger partial charge in [0.1, 0.15) is 10.7 Å². The Morgan fingerprint density at radius 3 is 2.76 bits per heavy atom. The van der Waals surface area contributed by atoms with E-state index in [2.05, 4.69) is 20.2 Å². The summed E-state index contributed by atoms with van der Waals surface area (Å²) in [5, 5.41) is 9.57. The smallest absolute Gasteiger partial charge is 0.242 e. The minimum absolute atomic E-state index is 0.0765. The van der Waals surface area contributed by atoms with Crippen LogP contribution in [0.2, 0.25) is 0 Å². The molecule has 1 fully saturated rings. The number of nitrogens with two attached hydrogens (primary N) is 1. The number of H-pyrrole nitrogens is 1. The van der Waals surface area contributed by atoms with Crippen molar-refractivity contribution in [2.45, 2.75) is 30.3 Å². The van der Waals surface area contributed by atoms with E-state index in [1.54, 1.807) is 30.5 Å². The van der Waals surface area contributed by atoms with Gasteiger partial charge in [-0.1, -0.05) is 12.1 Å². The Morgan fingerprint density at radius 1 is 1.33 bits per heavy atom. The molecule has 1 heterocycles. The molecule has 0 saturated heterocycles. The molecule has 8 heteroatoms. The highest BCUT2D eigenvalue weighted by Crippen LogP contribution is 2.26. The third-order valence-corrected chi connectivity index (χ3v) is 4.88. The maximum absolute atomic E-state index is 12.3. The van der Waals surface area contributed by atoms with Gasteiger partial charge in [0.15, 0.2) is 0 Å². The van der Waals surface area contributed by atoms with Gasteiger partial charge in [-0.2, -0.15) is 5.10 Å². The number of nitrogens with one attached hydrogen (secondary N) is 3. The number of anilines is 2. The van der Waals surface area contributed by atoms with E-state index < -0.39 is 10.0 Å². The Hall–Kier alpha value is -2.06. The predicted molar refractivity (Wildman–Crippen MR) is 80.1 cm³/mol. The van der Waals surface area contributed by atoms with Crippen molar-refractivity contribution in [1.82, 2.24) is 14.9 Å². The Labute approximate surface area is 123 Å². The number of sulfonamides is 1. The van der Waals surface area contributed by atoms with Crippen molar-refractivity contribution in [3.63, 3.8) is 0 Å². The fraction of sp³-hybridized carbons (Fsp3) is 0.308. The first-order valence-corrected chi connectivity index (χ1v) is 8.17. The van der Waals surface area contributed by atoms with Crippen LogP contribution < -0.4 is 15.8 Å². The molecule has 1 aromatic heterocycles. The second kappa shape index (κ2) is 5.38. The van der Waals surface area contributed by atoms with Crippen LogP contribution >= 0.6 is 0 Å². The normalized spacial score (nSPS) is 15.0. The number of hydrogen-bond acceptors (Lipinski definition) is 5. The zero-order chi connectivity index (χ0) is 14.9. The van der Waals surface area contributed by atoms with Gasteiger partial charge in [0.25, 0.3) is 0 Å². The lowest BCUT2D eigenvalue weighted by Crippen LogP contribution is -2.26. The molecule has 7 nitrogen and oxygen atoms in total. The van der Waals surface area contributed by atoms with Gasteiger partial charge in [-0.15, -0.1) is 0 Å². The van der Waals surface area contributed by atoms with Crippen LogP contribution in [0.4, 0.5) is 11.5 Å². The van der Waals surface area contributed by atoms with Crippen LogP contribution in [-0.4, -0.2) is 24.7 Å². The van der Waals surface area contributed by atoms with Crippen LogP contribution in [0.5, 0.6) is 0 Å². The van der Waals surface area contributed by atoms with Crippen LogP contribution in [0.15, 0.2) is 35.4 Å². The SMILES string of the molecule is Nc1[nH]ncc1CNc1ccccc1S(=O)(=O)NC1CC1. The van der Waals surface area contributed by atoms with E-state index in [0.717, 1.165) is 18.4 Å². The highest BCUT2D eigenvalue weighted by Gasteiger charge is 2.29. The van der Waals surface area contributed by atoms with E-state index in [9.17, 15) is 8.42 Å². The highest BCUT2D eigenvalue weighted by molar-refractivity contribution is 7.89. The van der Waals surface area contributed by atoms with E-state index in [4.69, 9.17) is 5.73 Å². The monoisotopic (exact) mass is 307 g/mol. The topological polar surface area (TPSA) is 113 Å². The first-order chi connectivity index (χ1) is 10.1. The number of rotatable bonds is 6. The summed E-state index contributed by atoms with van der Waals surface area (Å²) in [7, 11) is -3.50. The fourth-order valence-corrected chi connectivity index (χ4v) is 3.47. The first kappa shape index (κ1) is 13.9. The zero-order valence-electron chi connectivity index (χ0n) is 11.3. The predicted octanol–water partition coefficient (Wildman–Crippen LogP) is 1.04. The minimum Gasteiger partial charge on any atom is -0.384 e. The highest BCUT2D eigenvalue weighted by atomic mass is 32.2. The molecule has 0 spiro atoms. The number of aromatic nitrogens is 2. The standard InChI is InChI=1S/C13H17N5O2S/c14-13-9(8-16-17-13)7-15-11-3-1-2-4-12(11)21(19,20)18-10-5-6-10/h1-4,8,10,15,18H,5-7H2,(H3,14,16,17). The Balaban J connectivity index is 1.80. The van der Waals surface area contributed by atoms with Gasteiger partial charge < -0.3 is 11.1 Å². The van der Waals surface area contributed by atoms with Crippen LogP contribution in [0.1, 0.15) is 18.4 Å². The van der Waals surface area contributed by atoms with Crippen LogP contribution in [-0.2, 0) is 16.6 Å². The zero-order valence-corrected chi connectivity index (χ0v) is 12.2. The van der Waals surface area contributed by atoms with E-state index >= 15 is 0 Å². The fourth-order valence-electron chi connectivity index (χ4n) is 1.98. The van der Waals surface area contributed by atoms with Crippen LogP contribution in [0.25, 0.3) is 0 Å². The number of aromatic amines is 1. The lowest BCUT2D eigenvalue weighted by atomic mass is 10.3. The van der Waals surface area contributed by atoms with Gasteiger partial charge in [0.05, 0.1) is 11.9 Å². The van der Waals surface area contributed by atoms with E-state index in [1.165, 1.54) is 0 Å². The Kier molecular flexibility index (Phi) is 3.56. The summed E-state index contributed by atoms with van der Waals surface area (Å²) in [6, 6.07) is 6.90. The molecule has 0 aliphatic heterocycles. The van der Waals surface area contributed by atoms with Gasteiger partial charge >= 0.3 is 0 Å². The molecule has 3 rings (SSSR count). The van der Waals surface area contributed by atoms with Gasteiger partial charge in [-0.3, -0.25) is 5.10 Å². The van der Waals surface area contributed by atoms with Gasteiger partial charge in [-0.25, -0.2) is 13.1 Å². The molecule has 0 atom stereocenters. The van der Waals surface area contributed by atoms with Crippen molar-refractivity contribution in [3.8, 4) is 0 Å². The second-order valence-corrected chi connectivity index (χ2v) is 6.74. The largest absolute Gasteiger partial charge is 0.384 e. The van der Waals surface area contributed by atoms with Gasteiger partial charge in [0.2, 0.25) is 10.0 Å². The van der Waals surface area contributed by atoms with Crippen LogP contribution in [0, 0.1) is 0 Å². The quantitative estimate of drug-likeness (QED) is 0.637. The number of hydrogen-bond donors (Lipinski definition) is 4. The molecular weight excluding hydrogens is 290 g/mol. The minimum atomic E-state index is -3.50. The summed E-state index contributed by atoms with van der Waals surface area (Å²) in [4.78, 5) is 0.249. The van der Waals surface area contributed by atoms with Gasteiger partial charge in [-0.05, 0) is 25.0 Å². The molecule has 1 saturated carbocycles. The maximum Gasteiger partial charge on any atom is 0.242 e. The van der Waals surface area contributed by atoms with E-state index in [-0.39, 0.29) is 10.9 Å². The number of benzene rings is 1. The molecule has 2 aromatic rings. The molecule has 21 heavy (non-hydrogen) atoms. The summed E-state index contributed by atoms with van der Waals surface area (Å²) >= 11 is 0. The molecule has 0 amide bonds. The van der Waals surface area contributed by atoms with E-state index in [1.807, 2.05) is 0 Å². The van der Waals surface area contributed by atoms with Crippen molar-refractivity contribution >= 4 is 21.5 Å². The first-order valence-electron chi connectivity index (χ1n) is 6.69. The third kappa shape index (κ3) is 3.17. The molecule has 0 radical (unpaired) electrons. The number of nitrogen functional groups attached to an aromatic ring is 1. The molecule has 1 aliphatic rings. The van der Waals surface area contributed by atoms with Gasteiger partial charge in [0, 0.05) is 18.2 Å². The lowest BCUT2D eigenvalue weighted by molar-refractivity contribution is 0.581. The van der Waals surface area contributed by atoms with Crippen molar-refractivity contribution in [2.24, 2.45) is 0 Å². The summed E-state index contributed by atoms with van der Waals surface area (Å²) in [5.41, 5.74) is 7.05. The van der Waals surface area contributed by atoms with Crippen molar-refractivity contribution < 1.29 is 8.42 Å².